The Kier molecular flexibility index (Phi) is 4.43. The quantitative estimate of drug-likeness (QED) is 0.923. The Hall–Kier alpha value is -1.55. The molecule has 5 heteroatoms. The Morgan fingerprint density at radius 1 is 1.37 bits per heavy atom. The average molecular weight is 281 g/mol. The SMILES string of the molecule is NC(=O)C[C@H]1CCCCN1C(=O)c1cccc(Cl)c1. The molecule has 2 amide bonds. The molecule has 0 aliphatic carbocycles. The number of hydrogen-bond acceptors (Lipinski definition) is 2. The molecule has 2 rings (SSSR count). The first-order chi connectivity index (χ1) is 9.08. The number of rotatable bonds is 3. The van der Waals surface area contributed by atoms with Gasteiger partial charge < -0.3 is 10.6 Å². The fraction of sp³-hybridized carbons (Fsp3) is 0.429. The number of piperidine rings is 1. The van der Waals surface area contributed by atoms with Gasteiger partial charge in [-0.1, -0.05) is 17.7 Å². The van der Waals surface area contributed by atoms with Crippen molar-refractivity contribution in [2.45, 2.75) is 31.7 Å². The Morgan fingerprint density at radius 3 is 2.84 bits per heavy atom. The van der Waals surface area contributed by atoms with Gasteiger partial charge in [0.15, 0.2) is 0 Å². The van der Waals surface area contributed by atoms with Gasteiger partial charge in [-0.3, -0.25) is 9.59 Å². The van der Waals surface area contributed by atoms with E-state index in [0.29, 0.717) is 17.1 Å². The Balaban J connectivity index is 2.17. The van der Waals surface area contributed by atoms with Crippen LogP contribution in [0.3, 0.4) is 0 Å². The molecule has 1 fully saturated rings. The summed E-state index contributed by atoms with van der Waals surface area (Å²) in [6.07, 6.45) is 3.04. The van der Waals surface area contributed by atoms with E-state index in [2.05, 4.69) is 0 Å². The van der Waals surface area contributed by atoms with Gasteiger partial charge in [0.05, 0.1) is 0 Å². The van der Waals surface area contributed by atoms with E-state index in [1.165, 1.54) is 0 Å². The van der Waals surface area contributed by atoms with Gasteiger partial charge in [-0.05, 0) is 37.5 Å². The fourth-order valence-electron chi connectivity index (χ4n) is 2.50. The van der Waals surface area contributed by atoms with Crippen molar-refractivity contribution in [2.75, 3.05) is 6.54 Å². The van der Waals surface area contributed by atoms with Crippen molar-refractivity contribution in [2.24, 2.45) is 5.73 Å². The molecule has 19 heavy (non-hydrogen) atoms. The lowest BCUT2D eigenvalue weighted by atomic mass is 9.98. The predicted molar refractivity (Wildman–Crippen MR) is 73.9 cm³/mol. The number of amides is 2. The molecular weight excluding hydrogens is 264 g/mol. The molecule has 1 heterocycles. The summed E-state index contributed by atoms with van der Waals surface area (Å²) in [5, 5.41) is 0.536. The van der Waals surface area contributed by atoms with E-state index < -0.39 is 0 Å². The molecule has 0 spiro atoms. The van der Waals surface area contributed by atoms with Gasteiger partial charge in [0.1, 0.15) is 0 Å². The predicted octanol–water partition coefficient (Wildman–Crippen LogP) is 2.21. The number of nitrogens with two attached hydrogens (primary N) is 1. The first kappa shape index (κ1) is 13.9. The summed E-state index contributed by atoms with van der Waals surface area (Å²) >= 11 is 5.90. The van der Waals surface area contributed by atoms with Crippen molar-refractivity contribution < 1.29 is 9.59 Å². The van der Waals surface area contributed by atoms with Crippen LogP contribution in [0.1, 0.15) is 36.0 Å². The molecule has 1 saturated heterocycles. The molecule has 0 saturated carbocycles. The van der Waals surface area contributed by atoms with Crippen LogP contribution in [0.4, 0.5) is 0 Å². The molecule has 102 valence electrons. The molecule has 1 aromatic rings. The highest BCUT2D eigenvalue weighted by molar-refractivity contribution is 6.30. The third kappa shape index (κ3) is 3.47. The standard InChI is InChI=1S/C14H17ClN2O2/c15-11-5-3-4-10(8-11)14(19)17-7-2-1-6-12(17)9-13(16)18/h3-5,8,12H,1-2,6-7,9H2,(H2,16,18)/t12-/m1/s1. The van der Waals surface area contributed by atoms with Crippen LogP contribution in [0.2, 0.25) is 5.02 Å². The number of nitrogens with zero attached hydrogens (tertiary/aromatic N) is 1. The minimum atomic E-state index is -0.365. The van der Waals surface area contributed by atoms with Gasteiger partial charge in [-0.15, -0.1) is 0 Å². The largest absolute Gasteiger partial charge is 0.370 e. The van der Waals surface area contributed by atoms with E-state index in [1.807, 2.05) is 0 Å². The number of carbonyl (C=O) groups is 2. The molecule has 1 aliphatic rings. The first-order valence-corrected chi connectivity index (χ1v) is 6.80. The number of carbonyl (C=O) groups excluding carboxylic acids is 2. The molecule has 4 nitrogen and oxygen atoms in total. The molecule has 1 aromatic carbocycles. The number of hydrogen-bond donors (Lipinski definition) is 1. The highest BCUT2D eigenvalue weighted by atomic mass is 35.5. The second kappa shape index (κ2) is 6.06. The number of primary amides is 1. The summed E-state index contributed by atoms with van der Waals surface area (Å²) in [6, 6.07) is 6.79. The van der Waals surface area contributed by atoms with E-state index in [4.69, 9.17) is 17.3 Å². The van der Waals surface area contributed by atoms with Crippen molar-refractivity contribution >= 4 is 23.4 Å². The van der Waals surface area contributed by atoms with Crippen molar-refractivity contribution in [3.05, 3.63) is 34.9 Å². The first-order valence-electron chi connectivity index (χ1n) is 6.43. The zero-order valence-electron chi connectivity index (χ0n) is 10.6. The van der Waals surface area contributed by atoms with Crippen LogP contribution in [-0.4, -0.2) is 29.3 Å². The van der Waals surface area contributed by atoms with Gasteiger partial charge in [0.25, 0.3) is 5.91 Å². The average Bonchev–Trinajstić information content (AvgIpc) is 2.38. The summed E-state index contributed by atoms with van der Waals surface area (Å²) in [5.74, 6) is -0.441. The molecule has 0 radical (unpaired) electrons. The topological polar surface area (TPSA) is 63.4 Å². The van der Waals surface area contributed by atoms with Crippen LogP contribution < -0.4 is 5.73 Å². The van der Waals surface area contributed by atoms with Crippen molar-refractivity contribution in [3.63, 3.8) is 0 Å². The van der Waals surface area contributed by atoms with Gasteiger partial charge in [-0.2, -0.15) is 0 Å². The maximum absolute atomic E-state index is 12.5. The van der Waals surface area contributed by atoms with Crippen LogP contribution in [0.15, 0.2) is 24.3 Å². The normalized spacial score (nSPS) is 19.2. The van der Waals surface area contributed by atoms with Gasteiger partial charge in [0.2, 0.25) is 5.91 Å². The number of likely N-dealkylation sites (tertiary alicyclic amines) is 1. The van der Waals surface area contributed by atoms with Crippen LogP contribution in [-0.2, 0) is 4.79 Å². The summed E-state index contributed by atoms with van der Waals surface area (Å²) in [6.45, 7) is 0.670. The van der Waals surface area contributed by atoms with E-state index in [0.717, 1.165) is 19.3 Å². The summed E-state index contributed by atoms with van der Waals surface area (Å²) in [5.41, 5.74) is 5.81. The smallest absolute Gasteiger partial charge is 0.254 e. The van der Waals surface area contributed by atoms with Crippen LogP contribution >= 0.6 is 11.6 Å². The molecular formula is C14H17ClN2O2. The van der Waals surface area contributed by atoms with E-state index in [1.54, 1.807) is 29.2 Å². The molecule has 0 unspecified atom stereocenters. The Morgan fingerprint density at radius 2 is 2.16 bits per heavy atom. The van der Waals surface area contributed by atoms with Crippen LogP contribution in [0, 0.1) is 0 Å². The number of benzene rings is 1. The maximum Gasteiger partial charge on any atom is 0.254 e. The third-order valence-electron chi connectivity index (χ3n) is 3.40. The highest BCUT2D eigenvalue weighted by Gasteiger charge is 2.28. The Labute approximate surface area is 117 Å². The van der Waals surface area contributed by atoms with Gasteiger partial charge in [0, 0.05) is 29.6 Å². The maximum atomic E-state index is 12.5. The van der Waals surface area contributed by atoms with E-state index in [-0.39, 0.29) is 24.3 Å². The van der Waals surface area contributed by atoms with Gasteiger partial charge >= 0.3 is 0 Å². The number of halogens is 1. The summed E-state index contributed by atoms with van der Waals surface area (Å²) in [7, 11) is 0. The molecule has 1 atom stereocenters. The molecule has 1 aliphatic heterocycles. The van der Waals surface area contributed by atoms with Crippen molar-refractivity contribution in [1.82, 2.24) is 4.90 Å². The van der Waals surface area contributed by atoms with Crippen molar-refractivity contribution in [3.8, 4) is 0 Å². The summed E-state index contributed by atoms with van der Waals surface area (Å²) in [4.78, 5) is 25.3. The van der Waals surface area contributed by atoms with Crippen molar-refractivity contribution in [1.29, 1.82) is 0 Å². The second-order valence-corrected chi connectivity index (χ2v) is 5.27. The molecule has 0 aromatic heterocycles. The minimum absolute atomic E-state index is 0.0755. The fourth-order valence-corrected chi connectivity index (χ4v) is 2.69. The lowest BCUT2D eigenvalue weighted by Gasteiger charge is -2.35. The zero-order valence-corrected chi connectivity index (χ0v) is 11.4. The van der Waals surface area contributed by atoms with Gasteiger partial charge in [-0.25, -0.2) is 0 Å². The third-order valence-corrected chi connectivity index (χ3v) is 3.63. The molecule has 0 bridgehead atoms. The monoisotopic (exact) mass is 280 g/mol. The van der Waals surface area contributed by atoms with E-state index in [9.17, 15) is 9.59 Å². The van der Waals surface area contributed by atoms with Crippen LogP contribution in [0.25, 0.3) is 0 Å². The van der Waals surface area contributed by atoms with E-state index >= 15 is 0 Å². The lowest BCUT2D eigenvalue weighted by Crippen LogP contribution is -2.45. The minimum Gasteiger partial charge on any atom is -0.370 e. The Bertz CT molecular complexity index is 490. The lowest BCUT2D eigenvalue weighted by molar-refractivity contribution is -0.119. The molecule has 2 N–H and O–H groups in total. The zero-order chi connectivity index (χ0) is 13.8. The second-order valence-electron chi connectivity index (χ2n) is 4.83. The van der Waals surface area contributed by atoms with Crippen LogP contribution in [0.5, 0.6) is 0 Å². The highest BCUT2D eigenvalue weighted by Crippen LogP contribution is 2.22. The summed E-state index contributed by atoms with van der Waals surface area (Å²) < 4.78 is 0.